The van der Waals surface area contributed by atoms with Crippen LogP contribution in [0.3, 0.4) is 0 Å². The summed E-state index contributed by atoms with van der Waals surface area (Å²) in [6, 6.07) is 0. The van der Waals surface area contributed by atoms with E-state index >= 15 is 0 Å². The average molecular weight is 158 g/mol. The highest BCUT2D eigenvalue weighted by atomic mass is 32.1. The van der Waals surface area contributed by atoms with Gasteiger partial charge in [0, 0.05) is 6.54 Å². The second kappa shape index (κ2) is 6.39. The maximum absolute atomic E-state index is 10.7. The molecule has 4 heteroatoms. The Bertz CT molecular complexity index is 152. The number of isothiocyanates is 1. The van der Waals surface area contributed by atoms with Gasteiger partial charge in [0.25, 0.3) is 0 Å². The SMILES string of the molecule is CCCNC(=O)CN=C=S. The Morgan fingerprint density at radius 2 is 2.50 bits per heavy atom. The van der Waals surface area contributed by atoms with E-state index in [2.05, 4.69) is 27.7 Å². The fourth-order valence-electron chi connectivity index (χ4n) is 0.424. The predicted molar refractivity (Wildman–Crippen MR) is 43.2 cm³/mol. The van der Waals surface area contributed by atoms with Crippen molar-refractivity contribution < 1.29 is 4.79 Å². The van der Waals surface area contributed by atoms with Gasteiger partial charge in [-0.3, -0.25) is 4.79 Å². The monoisotopic (exact) mass is 158 g/mol. The second-order valence-electron chi connectivity index (χ2n) is 1.76. The number of thiocarbonyl (C=S) groups is 1. The maximum Gasteiger partial charge on any atom is 0.242 e. The van der Waals surface area contributed by atoms with Gasteiger partial charge in [0.05, 0.1) is 5.16 Å². The molecule has 0 aromatic rings. The third-order valence-electron chi connectivity index (χ3n) is 0.859. The molecule has 3 nitrogen and oxygen atoms in total. The molecule has 0 radical (unpaired) electrons. The summed E-state index contributed by atoms with van der Waals surface area (Å²) in [4.78, 5) is 14.1. The molecule has 0 saturated heterocycles. The third-order valence-corrected chi connectivity index (χ3v) is 0.988. The number of hydrogen-bond donors (Lipinski definition) is 1. The van der Waals surface area contributed by atoms with Crippen molar-refractivity contribution in [1.82, 2.24) is 5.32 Å². The quantitative estimate of drug-likeness (QED) is 0.481. The summed E-state index contributed by atoms with van der Waals surface area (Å²) in [7, 11) is 0. The van der Waals surface area contributed by atoms with Crippen molar-refractivity contribution in [3.63, 3.8) is 0 Å². The first-order chi connectivity index (χ1) is 4.81. The third kappa shape index (κ3) is 5.41. The van der Waals surface area contributed by atoms with Gasteiger partial charge in [-0.25, -0.2) is 4.99 Å². The summed E-state index contributed by atoms with van der Waals surface area (Å²) in [5.74, 6) is -0.0980. The number of carbonyl (C=O) groups excluding carboxylic acids is 1. The van der Waals surface area contributed by atoms with Crippen molar-refractivity contribution in [3.05, 3.63) is 0 Å². The number of nitrogens with zero attached hydrogens (tertiary/aromatic N) is 1. The molecule has 0 aromatic heterocycles. The number of nitrogens with one attached hydrogen (secondary N) is 1. The van der Waals surface area contributed by atoms with Crippen molar-refractivity contribution in [2.45, 2.75) is 13.3 Å². The number of hydrogen-bond acceptors (Lipinski definition) is 3. The van der Waals surface area contributed by atoms with Crippen LogP contribution in [-0.2, 0) is 4.79 Å². The average Bonchev–Trinajstić information content (AvgIpc) is 1.97. The van der Waals surface area contributed by atoms with E-state index in [1.165, 1.54) is 0 Å². The Kier molecular flexibility index (Phi) is 5.92. The molecule has 0 saturated carbocycles. The first-order valence-corrected chi connectivity index (χ1v) is 3.52. The van der Waals surface area contributed by atoms with Crippen molar-refractivity contribution in [3.8, 4) is 0 Å². The number of rotatable bonds is 4. The molecule has 56 valence electrons. The Morgan fingerprint density at radius 1 is 1.80 bits per heavy atom. The van der Waals surface area contributed by atoms with Gasteiger partial charge in [0.1, 0.15) is 6.54 Å². The van der Waals surface area contributed by atoms with Crippen LogP contribution in [0.15, 0.2) is 4.99 Å². The van der Waals surface area contributed by atoms with E-state index in [-0.39, 0.29) is 12.5 Å². The fourth-order valence-corrected chi connectivity index (χ4v) is 0.489. The van der Waals surface area contributed by atoms with Crippen LogP contribution in [0.4, 0.5) is 0 Å². The lowest BCUT2D eigenvalue weighted by atomic mass is 10.4. The topological polar surface area (TPSA) is 41.5 Å². The van der Waals surface area contributed by atoms with Crippen LogP contribution < -0.4 is 5.32 Å². The molecule has 0 atom stereocenters. The van der Waals surface area contributed by atoms with Crippen LogP contribution in [0, 0.1) is 0 Å². The molecule has 0 unspecified atom stereocenters. The summed E-state index contributed by atoms with van der Waals surface area (Å²) in [5.41, 5.74) is 0. The highest BCUT2D eigenvalue weighted by molar-refractivity contribution is 7.78. The lowest BCUT2D eigenvalue weighted by Gasteiger charge is -1.97. The van der Waals surface area contributed by atoms with E-state index in [9.17, 15) is 4.79 Å². The Hall–Kier alpha value is -0.730. The molecule has 10 heavy (non-hydrogen) atoms. The highest BCUT2D eigenvalue weighted by Crippen LogP contribution is 1.72. The zero-order valence-corrected chi connectivity index (χ0v) is 6.70. The van der Waals surface area contributed by atoms with Gasteiger partial charge in [-0.05, 0) is 18.6 Å². The predicted octanol–water partition coefficient (Wildman–Crippen LogP) is 0.615. The molecule has 0 bridgehead atoms. The van der Waals surface area contributed by atoms with E-state index in [4.69, 9.17) is 0 Å². The van der Waals surface area contributed by atoms with Crippen molar-refractivity contribution in [2.75, 3.05) is 13.1 Å². The minimum atomic E-state index is -0.0980. The van der Waals surface area contributed by atoms with Crippen LogP contribution in [0.5, 0.6) is 0 Å². The molecule has 0 heterocycles. The minimum absolute atomic E-state index is 0.0980. The normalized spacial score (nSPS) is 8.10. The summed E-state index contributed by atoms with van der Waals surface area (Å²) < 4.78 is 0. The molecule has 0 aliphatic heterocycles. The summed E-state index contributed by atoms with van der Waals surface area (Å²) in [5, 5.41) is 4.77. The van der Waals surface area contributed by atoms with Crippen molar-refractivity contribution in [1.29, 1.82) is 0 Å². The second-order valence-corrected chi connectivity index (χ2v) is 1.94. The van der Waals surface area contributed by atoms with Gasteiger partial charge in [0.15, 0.2) is 0 Å². The van der Waals surface area contributed by atoms with Gasteiger partial charge < -0.3 is 5.32 Å². The van der Waals surface area contributed by atoms with Crippen molar-refractivity contribution in [2.24, 2.45) is 4.99 Å². The number of aliphatic imine (C=N–C) groups is 1. The van der Waals surface area contributed by atoms with Gasteiger partial charge in [-0.2, -0.15) is 0 Å². The van der Waals surface area contributed by atoms with E-state index in [1.54, 1.807) is 0 Å². The van der Waals surface area contributed by atoms with Crippen LogP contribution in [-0.4, -0.2) is 24.2 Å². The first kappa shape index (κ1) is 9.27. The summed E-state index contributed by atoms with van der Waals surface area (Å²) in [6.07, 6.45) is 0.938. The minimum Gasteiger partial charge on any atom is -0.354 e. The van der Waals surface area contributed by atoms with Gasteiger partial charge in [0.2, 0.25) is 5.91 Å². The molecule has 0 fully saturated rings. The maximum atomic E-state index is 10.7. The summed E-state index contributed by atoms with van der Waals surface area (Å²) >= 11 is 4.29. The molecule has 0 spiro atoms. The van der Waals surface area contributed by atoms with E-state index in [1.807, 2.05) is 6.92 Å². The van der Waals surface area contributed by atoms with E-state index < -0.39 is 0 Å². The molecule has 0 aliphatic carbocycles. The lowest BCUT2D eigenvalue weighted by Crippen LogP contribution is -2.25. The molecule has 0 aliphatic rings. The van der Waals surface area contributed by atoms with Gasteiger partial charge >= 0.3 is 0 Å². The Labute approximate surface area is 65.5 Å². The molecule has 0 rings (SSSR count). The smallest absolute Gasteiger partial charge is 0.242 e. The molecular formula is C6H10N2OS. The van der Waals surface area contributed by atoms with Crippen LogP contribution in [0.25, 0.3) is 0 Å². The number of amides is 1. The largest absolute Gasteiger partial charge is 0.354 e. The number of carbonyl (C=O) groups is 1. The highest BCUT2D eigenvalue weighted by Gasteiger charge is 1.94. The van der Waals surface area contributed by atoms with Crippen LogP contribution in [0.1, 0.15) is 13.3 Å². The fraction of sp³-hybridized carbons (Fsp3) is 0.667. The lowest BCUT2D eigenvalue weighted by molar-refractivity contribution is -0.119. The van der Waals surface area contributed by atoms with Gasteiger partial charge in [-0.15, -0.1) is 0 Å². The standard InChI is InChI=1S/C6H10N2OS/c1-2-3-8-6(9)4-7-5-10/h2-4H2,1H3,(H,8,9). The van der Waals surface area contributed by atoms with E-state index in [0.29, 0.717) is 6.54 Å². The first-order valence-electron chi connectivity index (χ1n) is 3.11. The summed E-state index contributed by atoms with van der Waals surface area (Å²) in [6.45, 7) is 2.79. The van der Waals surface area contributed by atoms with Gasteiger partial charge in [-0.1, -0.05) is 6.92 Å². The zero-order chi connectivity index (χ0) is 7.82. The van der Waals surface area contributed by atoms with Crippen LogP contribution >= 0.6 is 12.2 Å². The zero-order valence-electron chi connectivity index (χ0n) is 5.89. The molecule has 1 amide bonds. The molecule has 0 aromatic carbocycles. The molecular weight excluding hydrogens is 148 g/mol. The Balaban J connectivity index is 3.34. The molecule has 1 N–H and O–H groups in total. The van der Waals surface area contributed by atoms with E-state index in [0.717, 1.165) is 6.42 Å². The van der Waals surface area contributed by atoms with Crippen molar-refractivity contribution >= 4 is 23.3 Å². The van der Waals surface area contributed by atoms with Crippen LogP contribution in [0.2, 0.25) is 0 Å². The Morgan fingerprint density at radius 3 is 3.00 bits per heavy atom.